The monoisotopic (exact) mass is 1460 g/mol. The lowest BCUT2D eigenvalue weighted by molar-refractivity contribution is 0.202. The number of piperidine rings is 3. The number of nitrogens with zero attached hydrogens (tertiary/aromatic N) is 14. The van der Waals surface area contributed by atoms with Gasteiger partial charge in [-0.1, -0.05) is 65.1 Å². The standard InChI is InChI=1S/2C27H31ClN8.C25H32ClN5O/c1-17-12-24(31-27-30-15-23(28)26(33-27)32-25-13-19(3)34-35-25)18(2)11-22(17)21-6-9-36(10-7-21)16-20-5-4-8-29-14-20;1-17-13-24(31-27-30-15-23(28)26(33-27)32-25-14-19(3)34-35-25)18(2)12-22(17)20-7-10-36(11-8-20)16-21-6-4-5-9-29-21;1-16(2)32-24-14-21(18-6-9-31(4)10-7-18)17(3)11-19(24)12-25-27-15-22(26)23(29-25)13-20-5-8-28-30-20/h4-5,8,11-15,21H,6-7,9-10,16H2,1-3H3,(H3,30,31,32,33,34,35);4-6,9,12-15,20H,7-8,10-11,16H2,1-3H3,(H3,30,31,32,33,34,35);5,8,11,14-16,18H,6-7,9-10,12-13H2,1-4H3,(H,28,30). The molecule has 3 aromatic carbocycles. The first-order valence-corrected chi connectivity index (χ1v) is 37.0. The van der Waals surface area contributed by atoms with Crippen molar-refractivity contribution in [2.24, 2.45) is 0 Å². The number of aryl methyl sites for hydroxylation is 7. The van der Waals surface area contributed by atoms with Crippen molar-refractivity contribution in [3.63, 3.8) is 0 Å². The Morgan fingerprint density at radius 3 is 1.57 bits per heavy atom. The summed E-state index contributed by atoms with van der Waals surface area (Å²) in [6.45, 7) is 27.4. The number of aromatic nitrogens is 14. The van der Waals surface area contributed by atoms with E-state index >= 15 is 0 Å². The molecule has 0 amide bonds. The lowest BCUT2D eigenvalue weighted by Gasteiger charge is -2.33. The number of anilines is 8. The Morgan fingerprint density at radius 2 is 1.06 bits per heavy atom. The van der Waals surface area contributed by atoms with Crippen molar-refractivity contribution >= 4 is 81.3 Å². The third kappa shape index (κ3) is 20.1. The van der Waals surface area contributed by atoms with E-state index in [0.29, 0.717) is 80.8 Å². The van der Waals surface area contributed by atoms with Crippen LogP contribution in [0.4, 0.5) is 46.5 Å². The number of hydrogen-bond acceptors (Lipinski definition) is 19. The molecule has 542 valence electrons. The molecule has 14 rings (SSSR count). The molecule has 0 spiro atoms. The van der Waals surface area contributed by atoms with Gasteiger partial charge in [-0.25, -0.2) is 19.9 Å². The molecule has 0 saturated carbocycles. The van der Waals surface area contributed by atoms with Crippen molar-refractivity contribution in [1.82, 2.24) is 85.2 Å². The van der Waals surface area contributed by atoms with E-state index in [2.05, 4.69) is 212 Å². The van der Waals surface area contributed by atoms with E-state index in [1.165, 1.54) is 62.9 Å². The first-order valence-electron chi connectivity index (χ1n) is 35.9. The van der Waals surface area contributed by atoms with Crippen LogP contribution in [0.1, 0.15) is 160 Å². The maximum absolute atomic E-state index is 6.37. The number of aromatic amines is 3. The van der Waals surface area contributed by atoms with Crippen LogP contribution in [0.2, 0.25) is 15.1 Å². The Morgan fingerprint density at radius 1 is 0.510 bits per heavy atom. The minimum atomic E-state index is 0.101. The fraction of sp³-hybridized carbons (Fsp3) is 0.380. The van der Waals surface area contributed by atoms with Gasteiger partial charge < -0.3 is 30.9 Å². The van der Waals surface area contributed by atoms with Crippen LogP contribution in [0.25, 0.3) is 0 Å². The minimum Gasteiger partial charge on any atom is -0.491 e. The number of hydrogen-bond donors (Lipinski definition) is 7. The number of nitrogens with one attached hydrogen (secondary N) is 7. The van der Waals surface area contributed by atoms with Gasteiger partial charge in [-0.2, -0.15) is 25.3 Å². The summed E-state index contributed by atoms with van der Waals surface area (Å²) in [5.41, 5.74) is 19.7. The average Bonchev–Trinajstić information content (AvgIpc) is 0.815. The van der Waals surface area contributed by atoms with E-state index in [1.807, 2.05) is 62.8 Å². The van der Waals surface area contributed by atoms with Gasteiger partial charge in [0.1, 0.15) is 21.6 Å². The van der Waals surface area contributed by atoms with Gasteiger partial charge in [0, 0.05) is 103 Å². The van der Waals surface area contributed by atoms with Crippen molar-refractivity contribution in [2.75, 3.05) is 67.6 Å². The number of likely N-dealkylation sites (tertiary alicyclic amines) is 3. The first kappa shape index (κ1) is 74.3. The summed E-state index contributed by atoms with van der Waals surface area (Å²) >= 11 is 19.0. The molecule has 11 aromatic rings. The quantitative estimate of drug-likeness (QED) is 0.0353. The van der Waals surface area contributed by atoms with Gasteiger partial charge in [-0.3, -0.25) is 35.1 Å². The van der Waals surface area contributed by atoms with Gasteiger partial charge in [0.2, 0.25) is 11.9 Å². The summed E-state index contributed by atoms with van der Waals surface area (Å²) in [5.74, 6) is 6.68. The number of benzene rings is 3. The number of halogens is 3. The molecular formula is C79H94Cl3N21O. The van der Waals surface area contributed by atoms with Crippen LogP contribution in [-0.2, 0) is 25.9 Å². The normalized spacial score (nSPS) is 14.9. The van der Waals surface area contributed by atoms with Crippen molar-refractivity contribution in [2.45, 2.75) is 151 Å². The molecule has 0 atom stereocenters. The number of H-pyrrole nitrogens is 3. The molecule has 3 fully saturated rings. The summed E-state index contributed by atoms with van der Waals surface area (Å²) in [7, 11) is 2.20. The zero-order valence-electron chi connectivity index (χ0n) is 61.1. The van der Waals surface area contributed by atoms with E-state index in [0.717, 1.165) is 135 Å². The summed E-state index contributed by atoms with van der Waals surface area (Å²) in [6.07, 6.45) is 20.6. The lowest BCUT2D eigenvalue weighted by Crippen LogP contribution is -2.32. The third-order valence-electron chi connectivity index (χ3n) is 19.5. The molecule has 3 aliphatic rings. The molecule has 25 heteroatoms. The van der Waals surface area contributed by atoms with Gasteiger partial charge in [0.25, 0.3) is 0 Å². The first-order chi connectivity index (χ1) is 50.3. The minimum absolute atomic E-state index is 0.101. The van der Waals surface area contributed by atoms with E-state index in [4.69, 9.17) is 44.5 Å². The Labute approximate surface area is 624 Å². The molecule has 104 heavy (non-hydrogen) atoms. The van der Waals surface area contributed by atoms with Crippen LogP contribution in [0.5, 0.6) is 5.75 Å². The maximum atomic E-state index is 6.37. The zero-order valence-corrected chi connectivity index (χ0v) is 63.3. The number of ether oxygens (including phenoxy) is 1. The Bertz CT molecular complexity index is 4420. The summed E-state index contributed by atoms with van der Waals surface area (Å²) in [4.78, 5) is 43.3. The fourth-order valence-electron chi connectivity index (χ4n) is 14.0. The van der Waals surface area contributed by atoms with Crippen LogP contribution >= 0.6 is 34.8 Å². The van der Waals surface area contributed by atoms with Crippen LogP contribution in [0.3, 0.4) is 0 Å². The second-order valence-corrected chi connectivity index (χ2v) is 29.3. The van der Waals surface area contributed by atoms with Crippen molar-refractivity contribution in [3.05, 3.63) is 233 Å². The predicted octanol–water partition coefficient (Wildman–Crippen LogP) is 17.0. The van der Waals surface area contributed by atoms with E-state index in [1.54, 1.807) is 24.8 Å². The highest BCUT2D eigenvalue weighted by Crippen LogP contribution is 2.39. The highest BCUT2D eigenvalue weighted by atomic mass is 35.5. The molecule has 0 aliphatic carbocycles. The van der Waals surface area contributed by atoms with Crippen molar-refractivity contribution < 1.29 is 4.74 Å². The zero-order chi connectivity index (χ0) is 72.8. The van der Waals surface area contributed by atoms with Gasteiger partial charge in [-0.05, 0) is 257 Å². The Balaban J connectivity index is 0.000000147. The largest absolute Gasteiger partial charge is 0.491 e. The average molecular weight is 1460 g/mol. The van der Waals surface area contributed by atoms with Crippen LogP contribution < -0.4 is 26.0 Å². The second kappa shape index (κ2) is 34.9. The number of pyridine rings is 2. The van der Waals surface area contributed by atoms with Crippen LogP contribution in [0, 0.1) is 48.5 Å². The number of rotatable bonds is 21. The SMILES string of the molecule is Cc1cc(Cc2ncc(Cl)c(Cc3ccn[nH]3)n2)c(OC(C)C)cc1C1CCN(C)CC1.Cc1cc(Nc2nc(Nc3cc(C)c(C4CCN(Cc5ccccn5)CC4)cc3C)ncc2Cl)n[nH]1.Cc1cc(Nc2nc(Nc3cc(C)c(C4CCN(Cc5cccnc5)CC4)cc3C)ncc2Cl)n[nH]1. The highest BCUT2D eigenvalue weighted by Gasteiger charge is 2.27. The maximum Gasteiger partial charge on any atom is 0.229 e. The smallest absolute Gasteiger partial charge is 0.229 e. The third-order valence-corrected chi connectivity index (χ3v) is 20.4. The van der Waals surface area contributed by atoms with Crippen LogP contribution in [-0.4, -0.2) is 138 Å². The predicted molar refractivity (Wildman–Crippen MR) is 416 cm³/mol. The van der Waals surface area contributed by atoms with Gasteiger partial charge in [0.15, 0.2) is 23.3 Å². The summed E-state index contributed by atoms with van der Waals surface area (Å²) < 4.78 is 6.26. The molecule has 11 heterocycles. The molecule has 0 radical (unpaired) electrons. The molecule has 8 aromatic heterocycles. The molecule has 3 aliphatic heterocycles. The fourth-order valence-corrected chi connectivity index (χ4v) is 14.4. The molecular weight excluding hydrogens is 1370 g/mol. The van der Waals surface area contributed by atoms with Crippen LogP contribution in [0.15, 0.2) is 128 Å². The van der Waals surface area contributed by atoms with Crippen molar-refractivity contribution in [3.8, 4) is 5.75 Å². The Kier molecular flexibility index (Phi) is 24.9. The molecule has 0 unspecified atom stereocenters. The molecule has 0 bridgehead atoms. The van der Waals surface area contributed by atoms with E-state index < -0.39 is 0 Å². The lowest BCUT2D eigenvalue weighted by atomic mass is 9.85. The highest BCUT2D eigenvalue weighted by molar-refractivity contribution is 6.33. The van der Waals surface area contributed by atoms with Crippen molar-refractivity contribution in [1.29, 1.82) is 0 Å². The molecule has 22 nitrogen and oxygen atoms in total. The molecule has 7 N–H and O–H groups in total. The van der Waals surface area contributed by atoms with E-state index in [9.17, 15) is 0 Å². The second-order valence-electron chi connectivity index (χ2n) is 28.1. The van der Waals surface area contributed by atoms with E-state index in [-0.39, 0.29) is 6.10 Å². The van der Waals surface area contributed by atoms with Gasteiger partial charge in [-0.15, -0.1) is 0 Å². The van der Waals surface area contributed by atoms with Gasteiger partial charge in [0.05, 0.1) is 34.9 Å². The van der Waals surface area contributed by atoms with Gasteiger partial charge >= 0.3 is 0 Å². The summed E-state index contributed by atoms with van der Waals surface area (Å²) in [6, 6.07) is 29.6. The molecule has 3 saturated heterocycles. The Hall–Kier alpha value is -9.42. The topological polar surface area (TPSA) is 256 Å². The summed E-state index contributed by atoms with van der Waals surface area (Å²) in [5, 5.41) is 35.6.